The molecule has 2 amide bonds. The summed E-state index contributed by atoms with van der Waals surface area (Å²) in [5.74, 6) is 1.56. The summed E-state index contributed by atoms with van der Waals surface area (Å²) >= 11 is 0. The molecule has 6 nitrogen and oxygen atoms in total. The first-order valence-electron chi connectivity index (χ1n) is 8.75. The number of ether oxygens (including phenoxy) is 2. The van der Waals surface area contributed by atoms with Crippen LogP contribution in [0.25, 0.3) is 0 Å². The van der Waals surface area contributed by atoms with E-state index in [2.05, 4.69) is 0 Å². The highest BCUT2D eigenvalue weighted by atomic mass is 16.5. The van der Waals surface area contributed by atoms with E-state index in [-0.39, 0.29) is 11.8 Å². The third-order valence-corrected chi connectivity index (χ3v) is 5.47. The van der Waals surface area contributed by atoms with Gasteiger partial charge in [-0.3, -0.25) is 9.59 Å². The quantitative estimate of drug-likeness (QED) is 0.837. The second-order valence-corrected chi connectivity index (χ2v) is 6.95. The average Bonchev–Trinajstić information content (AvgIpc) is 3.04. The maximum absolute atomic E-state index is 13.2. The van der Waals surface area contributed by atoms with E-state index in [1.165, 1.54) is 0 Å². The van der Waals surface area contributed by atoms with Crippen LogP contribution in [0.4, 0.5) is 0 Å². The minimum atomic E-state index is -0.407. The Morgan fingerprint density at radius 2 is 2.00 bits per heavy atom. The number of likely N-dealkylation sites (tertiary alicyclic amines) is 2. The average molecular weight is 346 g/mol. The molecule has 2 aliphatic heterocycles. The van der Waals surface area contributed by atoms with Gasteiger partial charge in [-0.05, 0) is 25.3 Å². The fraction of sp³-hybridized carbons (Fsp3) is 0.579. The van der Waals surface area contributed by atoms with Crippen molar-refractivity contribution in [1.29, 1.82) is 0 Å². The number of para-hydroxylation sites is 1. The van der Waals surface area contributed by atoms with Crippen molar-refractivity contribution in [2.45, 2.75) is 32.7 Å². The van der Waals surface area contributed by atoms with Crippen molar-refractivity contribution in [3.8, 4) is 11.5 Å². The highest BCUT2D eigenvalue weighted by molar-refractivity contribution is 5.85. The third-order valence-electron chi connectivity index (χ3n) is 5.47. The summed E-state index contributed by atoms with van der Waals surface area (Å²) in [7, 11) is 3.22. The van der Waals surface area contributed by atoms with Crippen molar-refractivity contribution < 1.29 is 19.1 Å². The summed E-state index contributed by atoms with van der Waals surface area (Å²) < 4.78 is 10.8. The molecule has 0 aliphatic carbocycles. The molecule has 136 valence electrons. The predicted molar refractivity (Wildman–Crippen MR) is 93.5 cm³/mol. The minimum absolute atomic E-state index is 0.0521. The zero-order valence-electron chi connectivity index (χ0n) is 15.2. The van der Waals surface area contributed by atoms with Gasteiger partial charge in [0.05, 0.1) is 19.6 Å². The SMILES string of the molecule is COc1cccc(CN2CCCC3(CCN(C(C)=O)C3)C2=O)c1OC. The molecule has 0 saturated carbocycles. The molecule has 1 unspecified atom stereocenters. The van der Waals surface area contributed by atoms with Crippen LogP contribution < -0.4 is 9.47 Å². The van der Waals surface area contributed by atoms with Gasteiger partial charge in [0.25, 0.3) is 0 Å². The number of carbonyl (C=O) groups excluding carboxylic acids is 2. The molecule has 1 aromatic carbocycles. The van der Waals surface area contributed by atoms with Crippen molar-refractivity contribution >= 4 is 11.8 Å². The van der Waals surface area contributed by atoms with Gasteiger partial charge >= 0.3 is 0 Å². The van der Waals surface area contributed by atoms with E-state index in [0.29, 0.717) is 31.1 Å². The molecule has 0 bridgehead atoms. The summed E-state index contributed by atoms with van der Waals surface area (Å²) in [4.78, 5) is 28.6. The molecule has 0 radical (unpaired) electrons. The Morgan fingerprint density at radius 3 is 2.64 bits per heavy atom. The summed E-state index contributed by atoms with van der Waals surface area (Å²) in [6.45, 7) is 4.04. The first kappa shape index (κ1) is 17.6. The molecule has 2 saturated heterocycles. The van der Waals surface area contributed by atoms with E-state index >= 15 is 0 Å². The largest absolute Gasteiger partial charge is 0.493 e. The van der Waals surface area contributed by atoms with E-state index in [4.69, 9.17) is 9.47 Å². The minimum Gasteiger partial charge on any atom is -0.493 e. The van der Waals surface area contributed by atoms with E-state index in [1.54, 1.807) is 26.0 Å². The van der Waals surface area contributed by atoms with Crippen LogP contribution in [0.15, 0.2) is 18.2 Å². The molecule has 2 fully saturated rings. The lowest BCUT2D eigenvalue weighted by atomic mass is 9.78. The normalized spacial score (nSPS) is 23.2. The van der Waals surface area contributed by atoms with Crippen molar-refractivity contribution in [1.82, 2.24) is 9.80 Å². The van der Waals surface area contributed by atoms with Crippen molar-refractivity contribution in [2.75, 3.05) is 33.9 Å². The van der Waals surface area contributed by atoms with Crippen LogP contribution in [0.5, 0.6) is 11.5 Å². The lowest BCUT2D eigenvalue weighted by Crippen LogP contribution is -2.49. The predicted octanol–water partition coefficient (Wildman–Crippen LogP) is 2.06. The maximum Gasteiger partial charge on any atom is 0.230 e. The Hall–Kier alpha value is -2.24. The Bertz CT molecular complexity index is 675. The highest BCUT2D eigenvalue weighted by Gasteiger charge is 2.48. The summed E-state index contributed by atoms with van der Waals surface area (Å²) in [5, 5.41) is 0. The zero-order valence-corrected chi connectivity index (χ0v) is 15.2. The summed E-state index contributed by atoms with van der Waals surface area (Å²) in [6.07, 6.45) is 2.59. The third kappa shape index (κ3) is 3.17. The standard InChI is InChI=1S/C19H26N2O4/c1-14(22)21-11-9-19(13-21)8-5-10-20(18(19)23)12-15-6-4-7-16(24-2)17(15)25-3/h4,6-7H,5,8-13H2,1-3H3. The van der Waals surface area contributed by atoms with Gasteiger partial charge in [0.1, 0.15) is 0 Å². The van der Waals surface area contributed by atoms with E-state index in [9.17, 15) is 9.59 Å². The Morgan fingerprint density at radius 1 is 1.20 bits per heavy atom. The van der Waals surface area contributed by atoms with E-state index in [0.717, 1.165) is 31.4 Å². The first-order chi connectivity index (χ1) is 12.0. The van der Waals surface area contributed by atoms with Gasteiger partial charge in [0, 0.05) is 38.7 Å². The Balaban J connectivity index is 1.80. The molecule has 2 heterocycles. The molecular formula is C19H26N2O4. The van der Waals surface area contributed by atoms with Gasteiger partial charge in [-0.2, -0.15) is 0 Å². The zero-order chi connectivity index (χ0) is 18.0. The van der Waals surface area contributed by atoms with Crippen molar-refractivity contribution in [2.24, 2.45) is 5.41 Å². The van der Waals surface area contributed by atoms with Crippen molar-refractivity contribution in [3.05, 3.63) is 23.8 Å². The molecule has 0 aromatic heterocycles. The molecule has 6 heteroatoms. The molecule has 1 aromatic rings. The van der Waals surface area contributed by atoms with Crippen LogP contribution >= 0.6 is 0 Å². The number of hydrogen-bond donors (Lipinski definition) is 0. The van der Waals surface area contributed by atoms with E-state index < -0.39 is 5.41 Å². The van der Waals surface area contributed by atoms with Crippen LogP contribution in [-0.4, -0.2) is 55.5 Å². The van der Waals surface area contributed by atoms with Gasteiger partial charge in [-0.1, -0.05) is 12.1 Å². The number of carbonyl (C=O) groups is 2. The van der Waals surface area contributed by atoms with Gasteiger partial charge < -0.3 is 19.3 Å². The topological polar surface area (TPSA) is 59.1 Å². The number of rotatable bonds is 4. The second-order valence-electron chi connectivity index (χ2n) is 6.95. The number of methoxy groups -OCH3 is 2. The smallest absolute Gasteiger partial charge is 0.230 e. The maximum atomic E-state index is 13.2. The van der Waals surface area contributed by atoms with E-state index in [1.807, 2.05) is 23.1 Å². The lowest BCUT2D eigenvalue weighted by molar-refractivity contribution is -0.146. The number of benzene rings is 1. The molecule has 1 spiro atoms. The molecular weight excluding hydrogens is 320 g/mol. The van der Waals surface area contributed by atoms with Gasteiger partial charge in [0.2, 0.25) is 11.8 Å². The molecule has 3 rings (SSSR count). The Kier molecular flexibility index (Phi) is 4.88. The van der Waals surface area contributed by atoms with Crippen LogP contribution in [0.1, 0.15) is 31.7 Å². The number of hydrogen-bond acceptors (Lipinski definition) is 4. The number of amides is 2. The fourth-order valence-electron chi connectivity index (χ4n) is 4.11. The number of nitrogens with zero attached hydrogens (tertiary/aromatic N) is 2. The monoisotopic (exact) mass is 346 g/mol. The van der Waals surface area contributed by atoms with Crippen LogP contribution in [0.3, 0.4) is 0 Å². The van der Waals surface area contributed by atoms with Gasteiger partial charge in [0.15, 0.2) is 11.5 Å². The second kappa shape index (κ2) is 6.94. The Labute approximate surface area is 148 Å². The molecule has 1 atom stereocenters. The molecule has 25 heavy (non-hydrogen) atoms. The van der Waals surface area contributed by atoms with Crippen LogP contribution in [0, 0.1) is 5.41 Å². The fourth-order valence-corrected chi connectivity index (χ4v) is 4.11. The van der Waals surface area contributed by atoms with Gasteiger partial charge in [-0.25, -0.2) is 0 Å². The summed E-state index contributed by atoms with van der Waals surface area (Å²) in [6, 6.07) is 5.73. The van der Waals surface area contributed by atoms with Crippen LogP contribution in [0.2, 0.25) is 0 Å². The number of piperidine rings is 1. The molecule has 0 N–H and O–H groups in total. The highest BCUT2D eigenvalue weighted by Crippen LogP contribution is 2.41. The summed E-state index contributed by atoms with van der Waals surface area (Å²) in [5.41, 5.74) is 0.532. The van der Waals surface area contributed by atoms with Crippen molar-refractivity contribution in [3.63, 3.8) is 0 Å². The lowest BCUT2D eigenvalue weighted by Gasteiger charge is -2.39. The van der Waals surface area contributed by atoms with Gasteiger partial charge in [-0.15, -0.1) is 0 Å². The molecule has 2 aliphatic rings. The van der Waals surface area contributed by atoms with Crippen LogP contribution in [-0.2, 0) is 16.1 Å². The first-order valence-corrected chi connectivity index (χ1v) is 8.75.